The fourth-order valence-electron chi connectivity index (χ4n) is 1.06. The fraction of sp³-hybridized carbons (Fsp3) is 0.143. The Morgan fingerprint density at radius 1 is 1.33 bits per heavy atom. The molecule has 1 aliphatic rings. The highest BCUT2D eigenvalue weighted by molar-refractivity contribution is 9.07. The van der Waals surface area contributed by atoms with Crippen molar-refractivity contribution in [2.24, 2.45) is 10.4 Å². The summed E-state index contributed by atoms with van der Waals surface area (Å²) in [4.78, 5) is 0. The van der Waals surface area contributed by atoms with Gasteiger partial charge in [-0.15, -0.1) is 0 Å². The van der Waals surface area contributed by atoms with Crippen LogP contribution < -0.4 is 5.43 Å². The number of hydrogen-bond acceptors (Lipinski definition) is 4. The van der Waals surface area contributed by atoms with Gasteiger partial charge in [0.25, 0.3) is 0 Å². The van der Waals surface area contributed by atoms with Gasteiger partial charge in [-0.2, -0.15) is 4.03 Å². The smallest absolute Gasteiger partial charge is 0.172 e. The third-order valence-electron chi connectivity index (χ3n) is 1.64. The standard InChI is InChI=1S/C7H7BrN4/c8-12-7(9-10-11-12)6-4-2-1-3-5-6/h1-5,7H,(H,9,11). The molecule has 0 aromatic heterocycles. The zero-order chi connectivity index (χ0) is 8.39. The Labute approximate surface area is 78.6 Å². The van der Waals surface area contributed by atoms with E-state index in [9.17, 15) is 0 Å². The quantitative estimate of drug-likeness (QED) is 0.747. The summed E-state index contributed by atoms with van der Waals surface area (Å²) in [6.07, 6.45) is 0.00574. The van der Waals surface area contributed by atoms with E-state index in [4.69, 9.17) is 0 Å². The van der Waals surface area contributed by atoms with Gasteiger partial charge in [0.2, 0.25) is 0 Å². The summed E-state index contributed by atoms with van der Waals surface area (Å²) in [5.74, 6) is 0. The summed E-state index contributed by atoms with van der Waals surface area (Å²) >= 11 is 3.25. The Hall–Kier alpha value is -1.10. The highest BCUT2D eigenvalue weighted by Crippen LogP contribution is 2.24. The van der Waals surface area contributed by atoms with Gasteiger partial charge >= 0.3 is 0 Å². The molecule has 1 atom stereocenters. The van der Waals surface area contributed by atoms with Gasteiger partial charge in [-0.05, 0) is 10.8 Å². The van der Waals surface area contributed by atoms with Crippen LogP contribution in [0.4, 0.5) is 0 Å². The van der Waals surface area contributed by atoms with Gasteiger partial charge in [-0.1, -0.05) is 35.6 Å². The molecular weight excluding hydrogens is 220 g/mol. The second kappa shape index (κ2) is 3.10. The third-order valence-corrected chi connectivity index (χ3v) is 2.19. The van der Waals surface area contributed by atoms with Crippen LogP contribution >= 0.6 is 16.1 Å². The van der Waals surface area contributed by atoms with Crippen molar-refractivity contribution >= 4 is 16.1 Å². The van der Waals surface area contributed by atoms with Crippen molar-refractivity contribution in [3.05, 3.63) is 35.9 Å². The molecule has 0 bridgehead atoms. The summed E-state index contributed by atoms with van der Waals surface area (Å²) in [6.45, 7) is 0. The molecule has 1 aliphatic heterocycles. The molecule has 1 unspecified atom stereocenters. The number of hydrogen-bond donors (Lipinski definition) is 1. The molecule has 1 aromatic rings. The minimum Gasteiger partial charge on any atom is -0.261 e. The van der Waals surface area contributed by atoms with Gasteiger partial charge in [-0.3, -0.25) is 5.43 Å². The van der Waals surface area contributed by atoms with Gasteiger partial charge < -0.3 is 0 Å². The Bertz CT molecular complexity index is 287. The highest BCUT2D eigenvalue weighted by Gasteiger charge is 2.20. The predicted octanol–water partition coefficient (Wildman–Crippen LogP) is 2.18. The van der Waals surface area contributed by atoms with Crippen molar-refractivity contribution in [1.29, 1.82) is 0 Å². The second-order valence-electron chi connectivity index (χ2n) is 2.42. The summed E-state index contributed by atoms with van der Waals surface area (Å²) in [7, 11) is 0. The molecule has 0 fully saturated rings. The maximum atomic E-state index is 3.76. The molecule has 0 aliphatic carbocycles. The first kappa shape index (κ1) is 7.54. The zero-order valence-corrected chi connectivity index (χ0v) is 7.77. The number of halogens is 1. The molecule has 62 valence electrons. The lowest BCUT2D eigenvalue weighted by atomic mass is 10.2. The van der Waals surface area contributed by atoms with E-state index >= 15 is 0 Å². The number of nitrogens with one attached hydrogen (secondary N) is 1. The number of benzene rings is 1. The van der Waals surface area contributed by atoms with E-state index in [0.717, 1.165) is 5.56 Å². The average molecular weight is 227 g/mol. The number of nitrogens with zero attached hydrogens (tertiary/aromatic N) is 3. The van der Waals surface area contributed by atoms with Gasteiger partial charge in [0.1, 0.15) is 0 Å². The van der Waals surface area contributed by atoms with Crippen LogP contribution in [0.5, 0.6) is 0 Å². The Morgan fingerprint density at radius 3 is 2.67 bits per heavy atom. The van der Waals surface area contributed by atoms with E-state index in [0.29, 0.717) is 0 Å². The Kier molecular flexibility index (Phi) is 1.95. The molecule has 5 heteroatoms. The van der Waals surface area contributed by atoms with Crippen molar-refractivity contribution in [1.82, 2.24) is 9.46 Å². The molecule has 0 amide bonds. The van der Waals surface area contributed by atoms with E-state index in [1.165, 1.54) is 0 Å². The van der Waals surface area contributed by atoms with Crippen LogP contribution in [-0.4, -0.2) is 4.03 Å². The molecule has 1 N–H and O–H groups in total. The van der Waals surface area contributed by atoms with E-state index in [-0.39, 0.29) is 6.17 Å². The summed E-state index contributed by atoms with van der Waals surface area (Å²) in [5.41, 5.74) is 3.98. The first-order chi connectivity index (χ1) is 5.88. The monoisotopic (exact) mass is 226 g/mol. The van der Waals surface area contributed by atoms with Crippen molar-refractivity contribution in [3.63, 3.8) is 0 Å². The van der Waals surface area contributed by atoms with Crippen molar-refractivity contribution in [3.8, 4) is 0 Å². The number of rotatable bonds is 1. The lowest BCUT2D eigenvalue weighted by Crippen LogP contribution is -2.18. The van der Waals surface area contributed by atoms with Crippen molar-refractivity contribution in [2.75, 3.05) is 0 Å². The summed E-state index contributed by atoms with van der Waals surface area (Å²) < 4.78 is 1.60. The third kappa shape index (κ3) is 1.27. The Balaban J connectivity index is 2.22. The van der Waals surface area contributed by atoms with Gasteiger partial charge in [0.05, 0.1) is 16.1 Å². The zero-order valence-electron chi connectivity index (χ0n) is 6.18. The molecule has 0 spiro atoms. The molecule has 0 saturated carbocycles. The molecule has 2 rings (SSSR count). The SMILES string of the molecule is BrN1N=NNC1c1ccccc1. The minimum absolute atomic E-state index is 0.00574. The molecular formula is C7H7BrN4. The van der Waals surface area contributed by atoms with Crippen LogP contribution in [0.1, 0.15) is 11.7 Å². The van der Waals surface area contributed by atoms with Gasteiger partial charge in [0.15, 0.2) is 6.17 Å². The predicted molar refractivity (Wildman–Crippen MR) is 47.9 cm³/mol. The molecule has 1 heterocycles. The summed E-state index contributed by atoms with van der Waals surface area (Å²) in [5, 5.41) is 7.43. The normalized spacial score (nSPS) is 21.1. The van der Waals surface area contributed by atoms with E-state index in [1.54, 1.807) is 4.03 Å². The van der Waals surface area contributed by atoms with Gasteiger partial charge in [0, 0.05) is 0 Å². The van der Waals surface area contributed by atoms with Crippen LogP contribution in [0.3, 0.4) is 0 Å². The van der Waals surface area contributed by atoms with Crippen LogP contribution in [0, 0.1) is 0 Å². The van der Waals surface area contributed by atoms with E-state index in [2.05, 4.69) is 32.0 Å². The average Bonchev–Trinajstić information content (AvgIpc) is 2.53. The highest BCUT2D eigenvalue weighted by atomic mass is 79.9. The molecule has 0 radical (unpaired) electrons. The molecule has 0 saturated heterocycles. The largest absolute Gasteiger partial charge is 0.261 e. The van der Waals surface area contributed by atoms with E-state index in [1.807, 2.05) is 30.3 Å². The van der Waals surface area contributed by atoms with Crippen LogP contribution in [0.25, 0.3) is 0 Å². The van der Waals surface area contributed by atoms with Crippen LogP contribution in [0.2, 0.25) is 0 Å². The fourth-order valence-corrected chi connectivity index (χ4v) is 1.45. The molecule has 4 nitrogen and oxygen atoms in total. The Morgan fingerprint density at radius 2 is 2.08 bits per heavy atom. The van der Waals surface area contributed by atoms with Crippen molar-refractivity contribution in [2.45, 2.75) is 6.17 Å². The minimum atomic E-state index is 0.00574. The maximum absolute atomic E-state index is 3.76. The van der Waals surface area contributed by atoms with E-state index < -0.39 is 0 Å². The first-order valence-corrected chi connectivity index (χ1v) is 4.25. The van der Waals surface area contributed by atoms with Gasteiger partial charge in [-0.25, -0.2) is 0 Å². The maximum Gasteiger partial charge on any atom is 0.172 e. The topological polar surface area (TPSA) is 40.0 Å². The summed E-state index contributed by atoms with van der Waals surface area (Å²) in [6, 6.07) is 9.97. The van der Waals surface area contributed by atoms with Crippen LogP contribution in [0.15, 0.2) is 40.8 Å². The lowest BCUT2D eigenvalue weighted by molar-refractivity contribution is 0.404. The van der Waals surface area contributed by atoms with Crippen LogP contribution in [-0.2, 0) is 0 Å². The van der Waals surface area contributed by atoms with Crippen molar-refractivity contribution < 1.29 is 0 Å². The second-order valence-corrected chi connectivity index (χ2v) is 3.15. The first-order valence-electron chi connectivity index (χ1n) is 3.54. The molecule has 1 aromatic carbocycles. The lowest BCUT2D eigenvalue weighted by Gasteiger charge is -2.13. The molecule has 12 heavy (non-hydrogen) atoms.